The van der Waals surface area contributed by atoms with Gasteiger partial charge in [-0.3, -0.25) is 9.59 Å². The van der Waals surface area contributed by atoms with Crippen LogP contribution >= 0.6 is 0 Å². The lowest BCUT2D eigenvalue weighted by molar-refractivity contribution is -0.142. The molecule has 0 saturated heterocycles. The Labute approximate surface area is 159 Å². The molecule has 0 unspecified atom stereocenters. The van der Waals surface area contributed by atoms with E-state index in [1.54, 1.807) is 0 Å². The smallest absolute Gasteiger partial charge is 0.315 e. The normalized spacial score (nSPS) is 21.4. The van der Waals surface area contributed by atoms with Gasteiger partial charge in [0.15, 0.2) is 0 Å². The summed E-state index contributed by atoms with van der Waals surface area (Å²) in [5, 5.41) is 14.7. The highest BCUT2D eigenvalue weighted by molar-refractivity contribution is 5.77. The second-order valence-corrected chi connectivity index (χ2v) is 7.41. The summed E-state index contributed by atoms with van der Waals surface area (Å²) in [6, 6.07) is 7.88. The third kappa shape index (κ3) is 5.21. The van der Waals surface area contributed by atoms with E-state index in [0.717, 1.165) is 0 Å². The van der Waals surface area contributed by atoms with Crippen molar-refractivity contribution in [3.8, 4) is 0 Å². The van der Waals surface area contributed by atoms with Gasteiger partial charge in [0.2, 0.25) is 5.91 Å². The topological polar surface area (TPSA) is 98.7 Å². The Morgan fingerprint density at radius 1 is 1.04 bits per heavy atom. The quantitative estimate of drug-likeness (QED) is 0.666. The van der Waals surface area contributed by atoms with Crippen molar-refractivity contribution in [2.24, 2.45) is 5.92 Å². The lowest BCUT2D eigenvalue weighted by atomic mass is 9.86. The van der Waals surface area contributed by atoms with Crippen molar-refractivity contribution >= 4 is 17.9 Å². The van der Waals surface area contributed by atoms with Crippen molar-refractivity contribution in [2.45, 2.75) is 57.7 Å². The van der Waals surface area contributed by atoms with Gasteiger partial charge < -0.3 is 20.6 Å². The highest BCUT2D eigenvalue weighted by Gasteiger charge is 2.26. The summed E-state index contributed by atoms with van der Waals surface area (Å²) in [5.74, 6) is -0.919. The Morgan fingerprint density at radius 3 is 2.26 bits per heavy atom. The average molecular weight is 373 g/mol. The van der Waals surface area contributed by atoms with Crippen LogP contribution in [0.25, 0.3) is 0 Å². The van der Waals surface area contributed by atoms with Crippen molar-refractivity contribution in [3.05, 3.63) is 35.4 Å². The molecule has 7 heteroatoms. The lowest BCUT2D eigenvalue weighted by Crippen LogP contribution is -2.44. The summed E-state index contributed by atoms with van der Waals surface area (Å²) in [4.78, 5) is 37.0. The van der Waals surface area contributed by atoms with E-state index in [0.29, 0.717) is 58.2 Å². The second-order valence-electron chi connectivity index (χ2n) is 7.41. The molecule has 0 atom stereocenters. The largest absolute Gasteiger partial charge is 0.481 e. The minimum atomic E-state index is -0.747. The number of nitrogens with one attached hydrogen (secondary N) is 2. The number of hydrogen-bond acceptors (Lipinski definition) is 3. The van der Waals surface area contributed by atoms with Crippen molar-refractivity contribution < 1.29 is 19.5 Å². The van der Waals surface area contributed by atoms with E-state index in [1.807, 2.05) is 17.0 Å². The number of amides is 3. The standard InChI is InChI=1S/C20H27N3O4/c24-18(23-12-15-4-1-2-5-16(15)13-23)6-3-11-21-20(27)22-17-9-7-14(8-10-17)19(25)26/h1-2,4-5,14,17H,3,6-13H2,(H,25,26)(H2,21,22,27). The van der Waals surface area contributed by atoms with Gasteiger partial charge in [-0.25, -0.2) is 4.79 Å². The van der Waals surface area contributed by atoms with Gasteiger partial charge in [-0.2, -0.15) is 0 Å². The molecule has 3 N–H and O–H groups in total. The molecule has 0 aromatic heterocycles. The molecule has 1 aromatic carbocycles. The molecule has 1 saturated carbocycles. The van der Waals surface area contributed by atoms with Crippen LogP contribution in [-0.2, 0) is 22.7 Å². The van der Waals surface area contributed by atoms with Crippen LogP contribution in [0.2, 0.25) is 0 Å². The van der Waals surface area contributed by atoms with Gasteiger partial charge in [0.25, 0.3) is 0 Å². The molecular weight excluding hydrogens is 346 g/mol. The molecule has 1 aromatic rings. The number of rotatable bonds is 6. The predicted molar refractivity (Wildman–Crippen MR) is 99.8 cm³/mol. The number of fused-ring (bicyclic) bond motifs is 1. The third-order valence-electron chi connectivity index (χ3n) is 5.46. The van der Waals surface area contributed by atoms with Crippen LogP contribution < -0.4 is 10.6 Å². The number of hydrogen-bond donors (Lipinski definition) is 3. The van der Waals surface area contributed by atoms with Gasteiger partial charge in [0, 0.05) is 32.1 Å². The lowest BCUT2D eigenvalue weighted by Gasteiger charge is -2.26. The Hall–Kier alpha value is -2.57. The van der Waals surface area contributed by atoms with Crippen molar-refractivity contribution in [2.75, 3.05) is 6.54 Å². The molecule has 3 rings (SSSR count). The zero-order valence-corrected chi connectivity index (χ0v) is 15.4. The molecule has 7 nitrogen and oxygen atoms in total. The van der Waals surface area contributed by atoms with Gasteiger partial charge in [-0.05, 0) is 43.2 Å². The molecule has 146 valence electrons. The molecule has 3 amide bonds. The molecule has 1 aliphatic carbocycles. The van der Waals surface area contributed by atoms with E-state index in [2.05, 4.69) is 22.8 Å². The number of benzene rings is 1. The molecule has 27 heavy (non-hydrogen) atoms. The maximum Gasteiger partial charge on any atom is 0.315 e. The first-order valence-corrected chi connectivity index (χ1v) is 9.64. The number of carboxylic acid groups (broad SMARTS) is 1. The van der Waals surface area contributed by atoms with Gasteiger partial charge >= 0.3 is 12.0 Å². The van der Waals surface area contributed by atoms with E-state index in [4.69, 9.17) is 5.11 Å². The van der Waals surface area contributed by atoms with Gasteiger partial charge in [-0.1, -0.05) is 24.3 Å². The highest BCUT2D eigenvalue weighted by Crippen LogP contribution is 2.24. The molecule has 2 aliphatic rings. The molecule has 0 bridgehead atoms. The minimum absolute atomic E-state index is 0.0327. The number of nitrogens with zero attached hydrogens (tertiary/aromatic N) is 1. The molecule has 1 aliphatic heterocycles. The first-order chi connectivity index (χ1) is 13.0. The maximum absolute atomic E-state index is 12.3. The van der Waals surface area contributed by atoms with Crippen LogP contribution in [0.5, 0.6) is 0 Å². The third-order valence-corrected chi connectivity index (χ3v) is 5.46. The van der Waals surface area contributed by atoms with E-state index in [-0.39, 0.29) is 23.9 Å². The van der Waals surface area contributed by atoms with Crippen LogP contribution in [0.15, 0.2) is 24.3 Å². The summed E-state index contributed by atoms with van der Waals surface area (Å²) < 4.78 is 0. The number of carbonyl (C=O) groups is 3. The average Bonchev–Trinajstić information content (AvgIpc) is 3.10. The van der Waals surface area contributed by atoms with Crippen LogP contribution in [0, 0.1) is 5.92 Å². The number of aliphatic carboxylic acids is 1. The first kappa shape index (κ1) is 19.2. The Balaban J connectivity index is 1.29. The summed E-state index contributed by atoms with van der Waals surface area (Å²) in [6.45, 7) is 1.78. The van der Waals surface area contributed by atoms with E-state index in [9.17, 15) is 14.4 Å². The minimum Gasteiger partial charge on any atom is -0.481 e. The zero-order chi connectivity index (χ0) is 19.2. The monoisotopic (exact) mass is 373 g/mol. The molecule has 1 fully saturated rings. The first-order valence-electron chi connectivity index (χ1n) is 9.64. The van der Waals surface area contributed by atoms with Crippen LogP contribution in [0.1, 0.15) is 49.7 Å². The fourth-order valence-corrected chi connectivity index (χ4v) is 3.83. The van der Waals surface area contributed by atoms with Crippen LogP contribution in [0.4, 0.5) is 4.79 Å². The fourth-order valence-electron chi connectivity index (χ4n) is 3.83. The Bertz CT molecular complexity index is 673. The van der Waals surface area contributed by atoms with Crippen molar-refractivity contribution in [1.82, 2.24) is 15.5 Å². The van der Waals surface area contributed by atoms with Crippen LogP contribution in [0.3, 0.4) is 0 Å². The van der Waals surface area contributed by atoms with Crippen molar-refractivity contribution in [3.63, 3.8) is 0 Å². The Morgan fingerprint density at radius 2 is 1.67 bits per heavy atom. The maximum atomic E-state index is 12.3. The Kier molecular flexibility index (Phi) is 6.32. The summed E-state index contributed by atoms with van der Waals surface area (Å²) in [5.41, 5.74) is 2.42. The summed E-state index contributed by atoms with van der Waals surface area (Å²) in [6.07, 6.45) is 3.61. The predicted octanol–water partition coefficient (Wildman–Crippen LogP) is 2.25. The summed E-state index contributed by atoms with van der Waals surface area (Å²) >= 11 is 0. The number of urea groups is 1. The highest BCUT2D eigenvalue weighted by atomic mass is 16.4. The van der Waals surface area contributed by atoms with Crippen LogP contribution in [-0.4, -0.2) is 40.5 Å². The van der Waals surface area contributed by atoms with Gasteiger partial charge in [0.05, 0.1) is 5.92 Å². The molecular formula is C20H27N3O4. The van der Waals surface area contributed by atoms with E-state index in [1.165, 1.54) is 11.1 Å². The van der Waals surface area contributed by atoms with E-state index >= 15 is 0 Å². The van der Waals surface area contributed by atoms with Crippen molar-refractivity contribution in [1.29, 1.82) is 0 Å². The molecule has 1 heterocycles. The second kappa shape index (κ2) is 8.88. The number of carbonyl (C=O) groups excluding carboxylic acids is 2. The molecule has 0 spiro atoms. The SMILES string of the molecule is O=C(NCCCC(=O)N1Cc2ccccc2C1)NC1CCC(C(=O)O)CC1. The number of carboxylic acids is 1. The molecule has 0 radical (unpaired) electrons. The zero-order valence-electron chi connectivity index (χ0n) is 15.4. The summed E-state index contributed by atoms with van der Waals surface area (Å²) in [7, 11) is 0. The van der Waals surface area contributed by atoms with E-state index < -0.39 is 5.97 Å². The van der Waals surface area contributed by atoms with Gasteiger partial charge in [-0.15, -0.1) is 0 Å². The fraction of sp³-hybridized carbons (Fsp3) is 0.550. The van der Waals surface area contributed by atoms with Gasteiger partial charge in [0.1, 0.15) is 0 Å².